The first-order valence-corrected chi connectivity index (χ1v) is 3.67. The van der Waals surface area contributed by atoms with Gasteiger partial charge in [-0.05, 0) is 12.1 Å². The Hall–Kier alpha value is -2.04. The van der Waals surface area contributed by atoms with Crippen LogP contribution in [0.3, 0.4) is 0 Å². The number of carbonyl (C=O) groups excluding carboxylic acids is 1. The van der Waals surface area contributed by atoms with Crippen molar-refractivity contribution < 1.29 is 9.63 Å². The van der Waals surface area contributed by atoms with Gasteiger partial charge in [0.25, 0.3) is 0 Å². The van der Waals surface area contributed by atoms with Gasteiger partial charge in [0.1, 0.15) is 5.52 Å². The Morgan fingerprint density at radius 1 is 1.46 bits per heavy atom. The highest BCUT2D eigenvalue weighted by Crippen LogP contribution is 2.18. The van der Waals surface area contributed by atoms with E-state index in [2.05, 4.69) is 9.94 Å². The Morgan fingerprint density at radius 3 is 3.00 bits per heavy atom. The maximum Gasteiger partial charge on any atom is 0.323 e. The second kappa shape index (κ2) is 2.78. The predicted molar refractivity (Wildman–Crippen MR) is 46.8 cm³/mol. The molecule has 2 aromatic rings. The predicted octanol–water partition coefficient (Wildman–Crippen LogP) is 0.203. The molecule has 0 atom stereocenters. The Kier molecular flexibility index (Phi) is 1.63. The van der Waals surface area contributed by atoms with Crippen LogP contribution in [-0.4, -0.2) is 16.4 Å². The lowest BCUT2D eigenvalue weighted by Gasteiger charge is -1.95. The molecular formula is C8H7N3O2. The van der Waals surface area contributed by atoms with Gasteiger partial charge in [0, 0.05) is 5.39 Å². The van der Waals surface area contributed by atoms with Crippen molar-refractivity contribution in [2.75, 3.05) is 5.73 Å². The van der Waals surface area contributed by atoms with Gasteiger partial charge in [0.05, 0.1) is 0 Å². The summed E-state index contributed by atoms with van der Waals surface area (Å²) in [5.74, 6) is 0.345. The number of carbonyl (C=O) groups is 1. The molecule has 66 valence electrons. The molecule has 0 radical (unpaired) electrons. The summed E-state index contributed by atoms with van der Waals surface area (Å²) in [7, 11) is 0. The number of hydrogen-bond acceptors (Lipinski definition) is 4. The van der Waals surface area contributed by atoms with Crippen LogP contribution < -0.4 is 10.6 Å². The Labute approximate surface area is 73.7 Å². The quantitative estimate of drug-likeness (QED) is 0.665. The van der Waals surface area contributed by atoms with E-state index in [1.807, 2.05) is 18.2 Å². The summed E-state index contributed by atoms with van der Waals surface area (Å²) < 4.78 is 0. The van der Waals surface area contributed by atoms with Gasteiger partial charge in [-0.25, -0.2) is 0 Å². The molecule has 2 rings (SSSR count). The SMILES string of the molecule is Nc1nn(OC=O)c2ccccc12. The molecule has 1 aromatic heterocycles. The molecule has 1 heterocycles. The third-order valence-electron chi connectivity index (χ3n) is 1.73. The van der Waals surface area contributed by atoms with Crippen LogP contribution >= 0.6 is 0 Å². The summed E-state index contributed by atoms with van der Waals surface area (Å²) in [5.41, 5.74) is 6.25. The van der Waals surface area contributed by atoms with E-state index in [0.29, 0.717) is 17.8 Å². The number of nitrogens with two attached hydrogens (primary N) is 1. The summed E-state index contributed by atoms with van der Waals surface area (Å²) in [6.45, 7) is 0.304. The molecule has 0 fully saturated rings. The van der Waals surface area contributed by atoms with Gasteiger partial charge in [0.2, 0.25) is 0 Å². The Bertz CT molecular complexity index is 450. The maximum atomic E-state index is 10.1. The van der Waals surface area contributed by atoms with Crippen LogP contribution in [0, 0.1) is 0 Å². The molecule has 0 aliphatic heterocycles. The molecule has 1 aromatic carbocycles. The van der Waals surface area contributed by atoms with Crippen LogP contribution in [0.15, 0.2) is 24.3 Å². The third kappa shape index (κ3) is 1.10. The summed E-state index contributed by atoms with van der Waals surface area (Å²) >= 11 is 0. The molecule has 0 aliphatic carbocycles. The first-order chi connectivity index (χ1) is 6.33. The minimum Gasteiger partial charge on any atom is -0.382 e. The van der Waals surface area contributed by atoms with Crippen LogP contribution in [0.4, 0.5) is 5.82 Å². The van der Waals surface area contributed by atoms with Crippen LogP contribution in [0.2, 0.25) is 0 Å². The van der Waals surface area contributed by atoms with Crippen molar-refractivity contribution in [1.29, 1.82) is 0 Å². The summed E-state index contributed by atoms with van der Waals surface area (Å²) in [6, 6.07) is 7.23. The van der Waals surface area contributed by atoms with Gasteiger partial charge in [0.15, 0.2) is 5.82 Å². The molecule has 0 bridgehead atoms. The van der Waals surface area contributed by atoms with E-state index in [0.717, 1.165) is 10.2 Å². The molecule has 0 unspecified atom stereocenters. The number of nitrogen functional groups attached to an aromatic ring is 1. The van der Waals surface area contributed by atoms with E-state index >= 15 is 0 Å². The molecule has 0 spiro atoms. The zero-order valence-corrected chi connectivity index (χ0v) is 6.68. The molecule has 13 heavy (non-hydrogen) atoms. The summed E-state index contributed by atoms with van der Waals surface area (Å²) in [5, 5.41) is 4.59. The van der Waals surface area contributed by atoms with Crippen molar-refractivity contribution >= 4 is 23.2 Å². The van der Waals surface area contributed by atoms with Crippen molar-refractivity contribution in [2.45, 2.75) is 0 Å². The molecule has 0 aliphatic rings. The van der Waals surface area contributed by atoms with E-state index < -0.39 is 0 Å². The van der Waals surface area contributed by atoms with Crippen molar-refractivity contribution in [3.8, 4) is 0 Å². The largest absolute Gasteiger partial charge is 0.382 e. The zero-order chi connectivity index (χ0) is 9.26. The average Bonchev–Trinajstić information content (AvgIpc) is 2.46. The number of benzene rings is 1. The highest BCUT2D eigenvalue weighted by molar-refractivity contribution is 5.88. The lowest BCUT2D eigenvalue weighted by atomic mass is 10.2. The number of fused-ring (bicyclic) bond motifs is 1. The molecule has 0 amide bonds. The van der Waals surface area contributed by atoms with E-state index in [4.69, 9.17) is 5.73 Å². The van der Waals surface area contributed by atoms with E-state index in [1.54, 1.807) is 6.07 Å². The number of rotatable bonds is 2. The maximum absolute atomic E-state index is 10.1. The lowest BCUT2D eigenvalue weighted by Crippen LogP contribution is -2.10. The zero-order valence-electron chi connectivity index (χ0n) is 6.68. The van der Waals surface area contributed by atoms with Crippen LogP contribution in [0.5, 0.6) is 0 Å². The highest BCUT2D eigenvalue weighted by Gasteiger charge is 2.06. The molecule has 5 heteroatoms. The number of nitrogens with zero attached hydrogens (tertiary/aromatic N) is 2. The topological polar surface area (TPSA) is 70.1 Å². The van der Waals surface area contributed by atoms with Gasteiger partial charge in [-0.2, -0.15) is 0 Å². The van der Waals surface area contributed by atoms with Gasteiger partial charge in [-0.15, -0.1) is 5.10 Å². The number of para-hydroxylation sites is 1. The van der Waals surface area contributed by atoms with E-state index in [1.165, 1.54) is 0 Å². The van der Waals surface area contributed by atoms with Gasteiger partial charge < -0.3 is 10.6 Å². The fraction of sp³-hybridized carbons (Fsp3) is 0. The van der Waals surface area contributed by atoms with Gasteiger partial charge in [-0.1, -0.05) is 17.0 Å². The van der Waals surface area contributed by atoms with Crippen molar-refractivity contribution in [1.82, 2.24) is 9.94 Å². The number of anilines is 1. The number of aromatic nitrogens is 2. The normalized spacial score (nSPS) is 10.2. The van der Waals surface area contributed by atoms with Crippen LogP contribution in [-0.2, 0) is 4.79 Å². The fourth-order valence-corrected chi connectivity index (χ4v) is 1.18. The second-order valence-corrected chi connectivity index (χ2v) is 2.48. The molecule has 0 saturated carbocycles. The fourth-order valence-electron chi connectivity index (χ4n) is 1.18. The first kappa shape index (κ1) is 7.60. The summed E-state index contributed by atoms with van der Waals surface area (Å²) in [6.07, 6.45) is 0. The average molecular weight is 177 g/mol. The standard InChI is InChI=1S/C8H7N3O2/c9-8-6-3-1-2-4-7(6)11(10-8)13-5-12/h1-5H,(H2,9,10). The van der Waals surface area contributed by atoms with Crippen molar-refractivity contribution in [3.05, 3.63) is 24.3 Å². The lowest BCUT2D eigenvalue weighted by molar-refractivity contribution is -0.130. The monoisotopic (exact) mass is 177 g/mol. The summed E-state index contributed by atoms with van der Waals surface area (Å²) in [4.78, 5) is 15.8. The van der Waals surface area contributed by atoms with Crippen molar-refractivity contribution in [2.24, 2.45) is 0 Å². The Balaban J connectivity index is 2.70. The van der Waals surface area contributed by atoms with Crippen LogP contribution in [0.1, 0.15) is 0 Å². The van der Waals surface area contributed by atoms with E-state index in [-0.39, 0.29) is 0 Å². The van der Waals surface area contributed by atoms with E-state index in [9.17, 15) is 4.79 Å². The molecule has 2 N–H and O–H groups in total. The second-order valence-electron chi connectivity index (χ2n) is 2.48. The molecule has 5 nitrogen and oxygen atoms in total. The molecule has 0 saturated heterocycles. The first-order valence-electron chi connectivity index (χ1n) is 3.67. The third-order valence-corrected chi connectivity index (χ3v) is 1.73. The van der Waals surface area contributed by atoms with Crippen LogP contribution in [0.25, 0.3) is 10.9 Å². The smallest absolute Gasteiger partial charge is 0.323 e. The highest BCUT2D eigenvalue weighted by atomic mass is 16.7. The minimum absolute atomic E-state index is 0.304. The molecular weight excluding hydrogens is 170 g/mol. The number of hydrogen-bond donors (Lipinski definition) is 1. The van der Waals surface area contributed by atoms with Gasteiger partial charge in [-0.3, -0.25) is 4.79 Å². The van der Waals surface area contributed by atoms with Gasteiger partial charge >= 0.3 is 6.47 Å². The van der Waals surface area contributed by atoms with Crippen molar-refractivity contribution in [3.63, 3.8) is 0 Å². The Morgan fingerprint density at radius 2 is 2.23 bits per heavy atom. The minimum atomic E-state index is 0.304.